The number of hydrogen-bond donors (Lipinski definition) is 0. The van der Waals surface area contributed by atoms with Crippen molar-refractivity contribution in [2.45, 2.75) is 32.4 Å². The number of nitrogens with zero attached hydrogens (tertiary/aromatic N) is 2. The number of hydrogen-bond acceptors (Lipinski definition) is 5. The summed E-state index contributed by atoms with van der Waals surface area (Å²) in [6.07, 6.45) is -0.504. The van der Waals surface area contributed by atoms with Crippen LogP contribution < -0.4 is 9.47 Å². The van der Waals surface area contributed by atoms with Crippen LogP contribution in [0.4, 0.5) is 8.78 Å². The van der Waals surface area contributed by atoms with Crippen molar-refractivity contribution in [1.29, 1.82) is 0 Å². The Labute approximate surface area is 167 Å². The highest BCUT2D eigenvalue weighted by molar-refractivity contribution is 5.76. The van der Waals surface area contributed by atoms with Gasteiger partial charge in [-0.25, -0.2) is 4.98 Å². The number of ether oxygens (including phenoxy) is 3. The zero-order valence-electron chi connectivity index (χ0n) is 16.4. The molecule has 0 saturated carbocycles. The summed E-state index contributed by atoms with van der Waals surface area (Å²) < 4.78 is 43.8. The Morgan fingerprint density at radius 3 is 2.59 bits per heavy atom. The van der Waals surface area contributed by atoms with Crippen molar-refractivity contribution in [2.75, 3.05) is 14.2 Å². The minimum atomic E-state index is -2.79. The van der Waals surface area contributed by atoms with Gasteiger partial charge in [0.25, 0.3) is 0 Å². The van der Waals surface area contributed by atoms with Gasteiger partial charge in [-0.05, 0) is 49.2 Å². The van der Waals surface area contributed by atoms with Crippen LogP contribution in [0, 0.1) is 0 Å². The Morgan fingerprint density at radius 2 is 1.90 bits per heavy atom. The van der Waals surface area contributed by atoms with Crippen LogP contribution in [0.2, 0.25) is 0 Å². The van der Waals surface area contributed by atoms with E-state index in [2.05, 4.69) is 4.98 Å². The van der Waals surface area contributed by atoms with Gasteiger partial charge in [0, 0.05) is 6.42 Å². The van der Waals surface area contributed by atoms with E-state index in [1.54, 1.807) is 56.7 Å². The average molecular weight is 404 g/mol. The van der Waals surface area contributed by atoms with E-state index in [0.29, 0.717) is 29.0 Å². The number of halogens is 2. The van der Waals surface area contributed by atoms with E-state index in [1.807, 2.05) is 0 Å². The highest BCUT2D eigenvalue weighted by Crippen LogP contribution is 2.29. The third-order valence-electron chi connectivity index (χ3n) is 4.58. The average Bonchev–Trinajstić information content (AvgIpc) is 3.12. The van der Waals surface area contributed by atoms with Crippen LogP contribution in [-0.2, 0) is 16.0 Å². The lowest BCUT2D eigenvalue weighted by molar-refractivity contribution is -0.149. The molecule has 3 aromatic rings. The molecule has 0 bridgehead atoms. The minimum absolute atomic E-state index is 0.00788. The van der Waals surface area contributed by atoms with Gasteiger partial charge in [-0.15, -0.1) is 0 Å². The third-order valence-corrected chi connectivity index (χ3v) is 4.58. The topological polar surface area (TPSA) is 62.6 Å². The first kappa shape index (κ1) is 20.6. The Bertz CT molecular complexity index is 1000. The number of fused-ring (bicyclic) bond motifs is 1. The van der Waals surface area contributed by atoms with Gasteiger partial charge in [-0.2, -0.15) is 8.78 Å². The summed E-state index contributed by atoms with van der Waals surface area (Å²) in [5.41, 5.74) is 1.50. The lowest BCUT2D eigenvalue weighted by atomic mass is 10.1. The number of aryl methyl sites for hydroxylation is 1. The summed E-state index contributed by atoms with van der Waals surface area (Å²) in [7, 11) is 3.09. The van der Waals surface area contributed by atoms with Crippen molar-refractivity contribution in [3.8, 4) is 11.5 Å². The lowest BCUT2D eigenvalue weighted by Gasteiger charge is -2.15. The molecular formula is C21H22F2N2O4. The zero-order valence-corrected chi connectivity index (χ0v) is 16.4. The van der Waals surface area contributed by atoms with E-state index >= 15 is 0 Å². The Hall–Kier alpha value is -3.16. The molecule has 1 unspecified atom stereocenters. The van der Waals surface area contributed by atoms with Gasteiger partial charge in [0.15, 0.2) is 11.9 Å². The van der Waals surface area contributed by atoms with Crippen molar-refractivity contribution in [3.05, 3.63) is 53.9 Å². The highest BCUT2D eigenvalue weighted by atomic mass is 19.3. The molecule has 0 spiro atoms. The molecule has 2 aromatic carbocycles. The molecule has 1 aromatic heterocycles. The predicted molar refractivity (Wildman–Crippen MR) is 103 cm³/mol. The number of carbonyl (C=O) groups excluding carboxylic acids is 1. The molecule has 8 heteroatoms. The third kappa shape index (κ3) is 4.47. The fourth-order valence-electron chi connectivity index (χ4n) is 3.18. The van der Waals surface area contributed by atoms with Crippen molar-refractivity contribution in [1.82, 2.24) is 9.55 Å². The fourth-order valence-corrected chi connectivity index (χ4v) is 3.18. The molecule has 1 atom stereocenters. The van der Waals surface area contributed by atoms with E-state index in [9.17, 15) is 13.6 Å². The zero-order chi connectivity index (χ0) is 21.0. The second-order valence-corrected chi connectivity index (χ2v) is 6.42. The number of rotatable bonds is 8. The maximum absolute atomic E-state index is 13.6. The first-order valence-electron chi connectivity index (χ1n) is 9.10. The predicted octanol–water partition coefficient (Wildman–Crippen LogP) is 4.69. The van der Waals surface area contributed by atoms with Gasteiger partial charge in [-0.3, -0.25) is 9.36 Å². The van der Waals surface area contributed by atoms with Gasteiger partial charge in [-0.1, -0.05) is 12.1 Å². The molecule has 0 aliphatic heterocycles. The fraction of sp³-hybridized carbons (Fsp3) is 0.333. The maximum atomic E-state index is 13.6. The standard InChI is InChI=1S/C21H22F2N2O4/c1-13(20-24-16-6-4-5-7-17(16)25(20)21(22)23)29-19(26)11-8-14-12-15(27-2)9-10-18(14)28-3/h4-7,9-10,12-13,21H,8,11H2,1-3H3. The van der Waals surface area contributed by atoms with Crippen molar-refractivity contribution in [2.24, 2.45) is 0 Å². The van der Waals surface area contributed by atoms with Crippen molar-refractivity contribution >= 4 is 17.0 Å². The van der Waals surface area contributed by atoms with Crippen LogP contribution in [0.5, 0.6) is 11.5 Å². The first-order chi connectivity index (χ1) is 13.9. The van der Waals surface area contributed by atoms with Crippen LogP contribution in [0.25, 0.3) is 11.0 Å². The molecule has 0 amide bonds. The van der Waals surface area contributed by atoms with Crippen LogP contribution in [0.15, 0.2) is 42.5 Å². The molecule has 3 rings (SSSR count). The number of carbonyl (C=O) groups is 1. The molecule has 1 heterocycles. The van der Waals surface area contributed by atoms with Crippen molar-refractivity contribution < 1.29 is 27.8 Å². The molecule has 0 radical (unpaired) electrons. The number of methoxy groups -OCH3 is 2. The van der Waals surface area contributed by atoms with Gasteiger partial charge >= 0.3 is 12.5 Å². The smallest absolute Gasteiger partial charge is 0.320 e. The van der Waals surface area contributed by atoms with E-state index in [4.69, 9.17) is 14.2 Å². The molecule has 0 saturated heterocycles. The Morgan fingerprint density at radius 1 is 1.14 bits per heavy atom. The van der Waals surface area contributed by atoms with Crippen molar-refractivity contribution in [3.63, 3.8) is 0 Å². The largest absolute Gasteiger partial charge is 0.497 e. The number of esters is 1. The normalized spacial score (nSPS) is 12.2. The minimum Gasteiger partial charge on any atom is -0.497 e. The number of alkyl halides is 2. The van der Waals surface area contributed by atoms with E-state index < -0.39 is 18.6 Å². The van der Waals surface area contributed by atoms with E-state index in [-0.39, 0.29) is 12.2 Å². The Balaban J connectivity index is 1.72. The SMILES string of the molecule is COc1ccc(OC)c(CCC(=O)OC(C)c2nc3ccccc3n2C(F)F)c1. The monoisotopic (exact) mass is 404 g/mol. The lowest BCUT2D eigenvalue weighted by Crippen LogP contribution is -2.15. The number of imidazole rings is 1. The summed E-state index contributed by atoms with van der Waals surface area (Å²) in [6, 6.07) is 11.9. The van der Waals surface area contributed by atoms with Gasteiger partial charge in [0.1, 0.15) is 11.5 Å². The molecular weight excluding hydrogens is 382 g/mol. The first-order valence-corrected chi connectivity index (χ1v) is 9.10. The summed E-state index contributed by atoms with van der Waals surface area (Å²) in [5, 5.41) is 0. The van der Waals surface area contributed by atoms with E-state index in [1.165, 1.54) is 6.92 Å². The molecule has 0 aliphatic carbocycles. The van der Waals surface area contributed by atoms with Crippen LogP contribution >= 0.6 is 0 Å². The molecule has 0 fully saturated rings. The maximum Gasteiger partial charge on any atom is 0.320 e. The molecule has 29 heavy (non-hydrogen) atoms. The van der Waals surface area contributed by atoms with Crippen LogP contribution in [0.3, 0.4) is 0 Å². The van der Waals surface area contributed by atoms with Gasteiger partial charge in [0.05, 0.1) is 25.3 Å². The summed E-state index contributed by atoms with van der Waals surface area (Å²) in [4.78, 5) is 16.6. The van der Waals surface area contributed by atoms with E-state index in [0.717, 1.165) is 10.1 Å². The summed E-state index contributed by atoms with van der Waals surface area (Å²) >= 11 is 0. The second-order valence-electron chi connectivity index (χ2n) is 6.42. The molecule has 0 N–H and O–H groups in total. The van der Waals surface area contributed by atoms with Crippen LogP contribution in [0.1, 0.15) is 37.4 Å². The number of aromatic nitrogens is 2. The van der Waals surface area contributed by atoms with Gasteiger partial charge < -0.3 is 14.2 Å². The Kier molecular flexibility index (Phi) is 6.31. The summed E-state index contributed by atoms with van der Waals surface area (Å²) in [5.74, 6) is 0.767. The van der Waals surface area contributed by atoms with Gasteiger partial charge in [0.2, 0.25) is 0 Å². The molecule has 0 aliphatic rings. The van der Waals surface area contributed by atoms with Crippen LogP contribution in [-0.4, -0.2) is 29.7 Å². The quantitative estimate of drug-likeness (QED) is 0.510. The highest BCUT2D eigenvalue weighted by Gasteiger charge is 2.24. The number of para-hydroxylation sites is 2. The number of benzene rings is 2. The second kappa shape index (κ2) is 8.89. The summed E-state index contributed by atoms with van der Waals surface area (Å²) in [6.45, 7) is -1.26. The molecule has 6 nitrogen and oxygen atoms in total. The molecule has 154 valence electrons.